The van der Waals surface area contributed by atoms with Gasteiger partial charge in [-0.2, -0.15) is 0 Å². The van der Waals surface area contributed by atoms with Crippen LogP contribution in [0.3, 0.4) is 0 Å². The molecule has 226 valence electrons. The van der Waals surface area contributed by atoms with Crippen molar-refractivity contribution in [3.8, 4) is 0 Å². The lowest BCUT2D eigenvalue weighted by Gasteiger charge is -2.33. The summed E-state index contributed by atoms with van der Waals surface area (Å²) in [5.41, 5.74) is 0. The van der Waals surface area contributed by atoms with Gasteiger partial charge in [-0.05, 0) is 25.7 Å². The maximum Gasteiger partial charge on any atom is 0.101 e. The molecule has 2 nitrogen and oxygen atoms in total. The molecule has 2 heteroatoms. The van der Waals surface area contributed by atoms with E-state index in [1.807, 2.05) is 0 Å². The lowest BCUT2D eigenvalue weighted by atomic mass is 10.0. The van der Waals surface area contributed by atoms with Gasteiger partial charge in [0.25, 0.3) is 0 Å². The molecule has 0 N–H and O–H groups in total. The predicted molar refractivity (Wildman–Crippen MR) is 173 cm³/mol. The maximum absolute atomic E-state index is 2.70. The standard InChI is InChI=1S/C36H72N2/c1-4-7-10-13-15-17-18-19-20-21-23-25-28-31-36-37(32-29-26-12-9-6-3)34-35-38(36)33-30-27-24-22-16-14-11-8-5-2/h34-36H,4-33H2,1-3H3. The molecule has 1 heterocycles. The Balaban J connectivity index is 2.18. The fourth-order valence-corrected chi connectivity index (χ4v) is 6.19. The molecular formula is C36H72N2. The molecule has 0 bridgehead atoms. The molecule has 1 aliphatic heterocycles. The molecule has 1 rings (SSSR count). The van der Waals surface area contributed by atoms with Crippen LogP contribution in [-0.2, 0) is 0 Å². The molecule has 1 unspecified atom stereocenters. The first kappa shape index (κ1) is 35.4. The highest BCUT2D eigenvalue weighted by Crippen LogP contribution is 2.24. The highest BCUT2D eigenvalue weighted by Gasteiger charge is 2.24. The van der Waals surface area contributed by atoms with E-state index in [4.69, 9.17) is 0 Å². The second kappa shape index (κ2) is 27.9. The van der Waals surface area contributed by atoms with Gasteiger partial charge in [0, 0.05) is 25.5 Å². The van der Waals surface area contributed by atoms with Gasteiger partial charge >= 0.3 is 0 Å². The van der Waals surface area contributed by atoms with Crippen molar-refractivity contribution < 1.29 is 0 Å². The Hall–Kier alpha value is -0.660. The summed E-state index contributed by atoms with van der Waals surface area (Å²) in [6.45, 7) is 9.47. The second-order valence-corrected chi connectivity index (χ2v) is 12.5. The van der Waals surface area contributed by atoms with Crippen LogP contribution >= 0.6 is 0 Å². The molecule has 0 amide bonds. The van der Waals surface area contributed by atoms with Crippen molar-refractivity contribution in [1.29, 1.82) is 0 Å². The molecule has 1 atom stereocenters. The zero-order chi connectivity index (χ0) is 27.4. The molecule has 0 aromatic heterocycles. The number of hydrogen-bond acceptors (Lipinski definition) is 2. The first-order valence-electron chi connectivity index (χ1n) is 18.0. The quantitative estimate of drug-likeness (QED) is 0.0848. The summed E-state index contributed by atoms with van der Waals surface area (Å²) in [5.74, 6) is 0. The third-order valence-electron chi connectivity index (χ3n) is 8.82. The summed E-state index contributed by atoms with van der Waals surface area (Å²) in [7, 11) is 0. The van der Waals surface area contributed by atoms with Gasteiger partial charge in [-0.25, -0.2) is 0 Å². The van der Waals surface area contributed by atoms with Crippen LogP contribution in [0.15, 0.2) is 12.4 Å². The van der Waals surface area contributed by atoms with Crippen LogP contribution in [0.2, 0.25) is 0 Å². The topological polar surface area (TPSA) is 6.48 Å². The molecule has 0 saturated carbocycles. The predicted octanol–water partition coefficient (Wildman–Crippen LogP) is 12.4. The van der Waals surface area contributed by atoms with Crippen molar-refractivity contribution in [2.75, 3.05) is 13.1 Å². The Bertz CT molecular complexity index is 488. The van der Waals surface area contributed by atoms with Gasteiger partial charge in [-0.1, -0.05) is 175 Å². The molecule has 0 radical (unpaired) electrons. The number of unbranched alkanes of at least 4 members (excludes halogenated alkanes) is 24. The highest BCUT2D eigenvalue weighted by atomic mass is 15.4. The first-order valence-corrected chi connectivity index (χ1v) is 18.0. The third kappa shape index (κ3) is 20.3. The summed E-state index contributed by atoms with van der Waals surface area (Å²) in [4.78, 5) is 5.40. The largest absolute Gasteiger partial charge is 0.356 e. The Morgan fingerprint density at radius 3 is 0.921 bits per heavy atom. The molecular weight excluding hydrogens is 460 g/mol. The molecule has 38 heavy (non-hydrogen) atoms. The molecule has 0 saturated heterocycles. The molecule has 0 fully saturated rings. The Morgan fingerprint density at radius 2 is 0.605 bits per heavy atom. The summed E-state index contributed by atoms with van der Waals surface area (Å²) in [6.07, 6.45) is 45.5. The van der Waals surface area contributed by atoms with E-state index in [-0.39, 0.29) is 0 Å². The van der Waals surface area contributed by atoms with Gasteiger partial charge in [0.1, 0.15) is 6.17 Å². The smallest absolute Gasteiger partial charge is 0.101 e. The Labute approximate surface area is 241 Å². The van der Waals surface area contributed by atoms with Crippen molar-refractivity contribution in [2.45, 2.75) is 207 Å². The summed E-state index contributed by atoms with van der Waals surface area (Å²) < 4.78 is 0. The highest BCUT2D eigenvalue weighted by molar-refractivity contribution is 4.97. The fourth-order valence-electron chi connectivity index (χ4n) is 6.19. The molecule has 0 aromatic rings. The van der Waals surface area contributed by atoms with E-state index < -0.39 is 0 Å². The van der Waals surface area contributed by atoms with E-state index in [0.717, 1.165) is 0 Å². The molecule has 0 aliphatic carbocycles. The zero-order valence-corrected chi connectivity index (χ0v) is 26.8. The number of nitrogens with zero attached hydrogens (tertiary/aromatic N) is 2. The van der Waals surface area contributed by atoms with Crippen molar-refractivity contribution in [3.63, 3.8) is 0 Å². The van der Waals surface area contributed by atoms with E-state index in [9.17, 15) is 0 Å². The minimum absolute atomic E-state index is 0.642. The van der Waals surface area contributed by atoms with Crippen molar-refractivity contribution in [3.05, 3.63) is 12.4 Å². The van der Waals surface area contributed by atoms with Crippen molar-refractivity contribution >= 4 is 0 Å². The van der Waals surface area contributed by atoms with Crippen LogP contribution in [0.25, 0.3) is 0 Å². The van der Waals surface area contributed by atoms with E-state index in [1.54, 1.807) is 0 Å². The van der Waals surface area contributed by atoms with Gasteiger partial charge in [-0.3, -0.25) is 0 Å². The van der Waals surface area contributed by atoms with Crippen LogP contribution in [-0.4, -0.2) is 29.1 Å². The van der Waals surface area contributed by atoms with Crippen LogP contribution < -0.4 is 0 Å². The van der Waals surface area contributed by atoms with E-state index in [1.165, 1.54) is 193 Å². The van der Waals surface area contributed by atoms with E-state index >= 15 is 0 Å². The van der Waals surface area contributed by atoms with Gasteiger partial charge in [0.05, 0.1) is 0 Å². The molecule has 0 spiro atoms. The summed E-state index contributed by atoms with van der Waals surface area (Å²) in [5, 5.41) is 0. The lowest BCUT2D eigenvalue weighted by molar-refractivity contribution is 0.135. The molecule has 0 aromatic carbocycles. The fraction of sp³-hybridized carbons (Fsp3) is 0.944. The summed E-state index contributed by atoms with van der Waals surface area (Å²) >= 11 is 0. The number of hydrogen-bond donors (Lipinski definition) is 0. The van der Waals surface area contributed by atoms with Gasteiger partial charge in [-0.15, -0.1) is 0 Å². The Kier molecular flexibility index (Phi) is 26.0. The Morgan fingerprint density at radius 1 is 0.342 bits per heavy atom. The van der Waals surface area contributed by atoms with Crippen LogP contribution in [0, 0.1) is 0 Å². The van der Waals surface area contributed by atoms with Crippen molar-refractivity contribution in [2.24, 2.45) is 0 Å². The van der Waals surface area contributed by atoms with Crippen molar-refractivity contribution in [1.82, 2.24) is 9.80 Å². The van der Waals surface area contributed by atoms with E-state index in [2.05, 4.69) is 43.0 Å². The van der Waals surface area contributed by atoms with Gasteiger partial charge in [0.2, 0.25) is 0 Å². The lowest BCUT2D eigenvalue weighted by Crippen LogP contribution is -2.39. The first-order chi connectivity index (χ1) is 18.8. The second-order valence-electron chi connectivity index (χ2n) is 12.5. The van der Waals surface area contributed by atoms with Crippen LogP contribution in [0.1, 0.15) is 201 Å². The van der Waals surface area contributed by atoms with Gasteiger partial charge in [0.15, 0.2) is 0 Å². The average molecular weight is 533 g/mol. The summed E-state index contributed by atoms with van der Waals surface area (Å²) in [6, 6.07) is 0. The minimum atomic E-state index is 0.642. The monoisotopic (exact) mass is 533 g/mol. The maximum atomic E-state index is 2.70. The third-order valence-corrected chi connectivity index (χ3v) is 8.82. The average Bonchev–Trinajstić information content (AvgIpc) is 3.31. The van der Waals surface area contributed by atoms with Gasteiger partial charge < -0.3 is 9.80 Å². The molecule has 1 aliphatic rings. The van der Waals surface area contributed by atoms with E-state index in [0.29, 0.717) is 6.17 Å². The van der Waals surface area contributed by atoms with Crippen LogP contribution in [0.5, 0.6) is 0 Å². The number of rotatable bonds is 30. The van der Waals surface area contributed by atoms with Crippen LogP contribution in [0.4, 0.5) is 0 Å². The normalized spacial score (nSPS) is 15.3. The SMILES string of the molecule is CCCCCCCCCCCCCCCC1N(CCCCCCC)C=CN1CCCCCCCCCCC. The minimum Gasteiger partial charge on any atom is -0.356 e. The zero-order valence-electron chi connectivity index (χ0n) is 26.8.